The predicted octanol–water partition coefficient (Wildman–Crippen LogP) is 1.39. The van der Waals surface area contributed by atoms with Crippen LogP contribution in [-0.2, 0) is 11.3 Å². The number of hydrogen-bond acceptors (Lipinski definition) is 4. The summed E-state index contributed by atoms with van der Waals surface area (Å²) in [6, 6.07) is 4.38. The summed E-state index contributed by atoms with van der Waals surface area (Å²) in [6.07, 6.45) is 1.09. The number of nitrogens with two attached hydrogens (primary N) is 1. The molecule has 5 nitrogen and oxygen atoms in total. The molecule has 0 saturated carbocycles. The largest absolute Gasteiger partial charge is 0.409 e. The van der Waals surface area contributed by atoms with Crippen molar-refractivity contribution in [2.75, 3.05) is 26.8 Å². The van der Waals surface area contributed by atoms with Crippen LogP contribution in [0, 0.1) is 11.7 Å². The fourth-order valence-electron chi connectivity index (χ4n) is 2.65. The van der Waals surface area contributed by atoms with Crippen LogP contribution in [-0.4, -0.2) is 42.7 Å². The Morgan fingerprint density at radius 2 is 2.40 bits per heavy atom. The van der Waals surface area contributed by atoms with Gasteiger partial charge in [-0.1, -0.05) is 11.2 Å². The first-order valence-electron chi connectivity index (χ1n) is 6.61. The Bertz CT molecular complexity index is 493. The zero-order chi connectivity index (χ0) is 14.5. The van der Waals surface area contributed by atoms with Crippen molar-refractivity contribution >= 4 is 5.84 Å². The number of halogens is 1. The van der Waals surface area contributed by atoms with Crippen LogP contribution in [0.4, 0.5) is 4.39 Å². The second kappa shape index (κ2) is 6.67. The highest BCUT2D eigenvalue weighted by Gasteiger charge is 2.23. The van der Waals surface area contributed by atoms with Crippen LogP contribution in [0.2, 0.25) is 0 Å². The van der Waals surface area contributed by atoms with Crippen LogP contribution in [0.5, 0.6) is 0 Å². The molecule has 1 aliphatic rings. The van der Waals surface area contributed by atoms with Gasteiger partial charge in [-0.05, 0) is 36.6 Å². The van der Waals surface area contributed by atoms with E-state index in [0.29, 0.717) is 18.0 Å². The van der Waals surface area contributed by atoms with E-state index in [4.69, 9.17) is 15.7 Å². The van der Waals surface area contributed by atoms with Gasteiger partial charge in [0, 0.05) is 25.8 Å². The van der Waals surface area contributed by atoms with Gasteiger partial charge in [0.1, 0.15) is 5.82 Å². The van der Waals surface area contributed by atoms with Gasteiger partial charge >= 0.3 is 0 Å². The van der Waals surface area contributed by atoms with E-state index < -0.39 is 5.82 Å². The summed E-state index contributed by atoms with van der Waals surface area (Å²) in [7, 11) is 1.71. The minimum Gasteiger partial charge on any atom is -0.409 e. The Balaban J connectivity index is 2.10. The van der Waals surface area contributed by atoms with Crippen LogP contribution < -0.4 is 5.73 Å². The van der Waals surface area contributed by atoms with Crippen molar-refractivity contribution in [1.82, 2.24) is 4.90 Å². The van der Waals surface area contributed by atoms with Crippen molar-refractivity contribution in [3.63, 3.8) is 0 Å². The average Bonchev–Trinajstić information content (AvgIpc) is 2.88. The quantitative estimate of drug-likeness (QED) is 0.370. The first kappa shape index (κ1) is 14.7. The molecular formula is C14H20FN3O2. The van der Waals surface area contributed by atoms with Gasteiger partial charge in [-0.15, -0.1) is 0 Å². The van der Waals surface area contributed by atoms with Crippen LogP contribution in [0.1, 0.15) is 17.5 Å². The molecule has 1 aromatic carbocycles. The monoisotopic (exact) mass is 281 g/mol. The van der Waals surface area contributed by atoms with Crippen molar-refractivity contribution in [3.05, 3.63) is 35.1 Å². The van der Waals surface area contributed by atoms with Crippen molar-refractivity contribution < 1.29 is 14.3 Å². The third kappa shape index (κ3) is 3.46. The van der Waals surface area contributed by atoms with E-state index in [1.165, 1.54) is 12.1 Å². The second-order valence-corrected chi connectivity index (χ2v) is 5.13. The third-order valence-electron chi connectivity index (χ3n) is 3.62. The number of methoxy groups -OCH3 is 1. The molecular weight excluding hydrogens is 261 g/mol. The molecule has 1 saturated heterocycles. The Labute approximate surface area is 117 Å². The molecule has 1 atom stereocenters. The topological polar surface area (TPSA) is 71.1 Å². The number of rotatable bonds is 5. The number of nitrogens with zero attached hydrogens (tertiary/aromatic N) is 2. The fourth-order valence-corrected chi connectivity index (χ4v) is 2.65. The van der Waals surface area contributed by atoms with Gasteiger partial charge in [-0.25, -0.2) is 4.39 Å². The molecule has 1 unspecified atom stereocenters. The lowest BCUT2D eigenvalue weighted by atomic mass is 10.1. The smallest absolute Gasteiger partial charge is 0.170 e. The molecule has 0 radical (unpaired) electrons. The molecule has 6 heteroatoms. The van der Waals surface area contributed by atoms with Gasteiger partial charge in [-0.2, -0.15) is 0 Å². The van der Waals surface area contributed by atoms with E-state index in [1.807, 2.05) is 0 Å². The number of ether oxygens (including phenoxy) is 1. The summed E-state index contributed by atoms with van der Waals surface area (Å²) >= 11 is 0. The number of amidine groups is 1. The molecule has 0 bridgehead atoms. The lowest BCUT2D eigenvalue weighted by molar-refractivity contribution is 0.152. The summed E-state index contributed by atoms with van der Waals surface area (Å²) in [5, 5.41) is 11.8. The van der Waals surface area contributed by atoms with Gasteiger partial charge < -0.3 is 15.7 Å². The number of likely N-dealkylation sites (tertiary alicyclic amines) is 1. The van der Waals surface area contributed by atoms with E-state index >= 15 is 0 Å². The summed E-state index contributed by atoms with van der Waals surface area (Å²) in [5.41, 5.74) is 6.92. The normalized spacial score (nSPS) is 20.5. The molecule has 1 aliphatic heterocycles. The van der Waals surface area contributed by atoms with E-state index in [0.717, 1.165) is 31.7 Å². The second-order valence-electron chi connectivity index (χ2n) is 5.13. The highest BCUT2D eigenvalue weighted by Crippen LogP contribution is 2.21. The van der Waals surface area contributed by atoms with Crippen molar-refractivity contribution in [2.45, 2.75) is 13.0 Å². The van der Waals surface area contributed by atoms with Crippen LogP contribution in [0.3, 0.4) is 0 Å². The Morgan fingerprint density at radius 1 is 1.60 bits per heavy atom. The third-order valence-corrected chi connectivity index (χ3v) is 3.62. The Morgan fingerprint density at radius 3 is 3.10 bits per heavy atom. The molecule has 110 valence electrons. The first-order valence-corrected chi connectivity index (χ1v) is 6.61. The minimum absolute atomic E-state index is 0.0628. The fraction of sp³-hybridized carbons (Fsp3) is 0.500. The number of hydrogen-bond donors (Lipinski definition) is 2. The zero-order valence-electron chi connectivity index (χ0n) is 11.6. The molecule has 1 fully saturated rings. The van der Waals surface area contributed by atoms with Crippen LogP contribution in [0.15, 0.2) is 23.4 Å². The number of oxime groups is 1. The predicted molar refractivity (Wildman–Crippen MR) is 74.2 cm³/mol. The molecule has 0 spiro atoms. The Kier molecular flexibility index (Phi) is 4.92. The maximum Gasteiger partial charge on any atom is 0.170 e. The Hall–Kier alpha value is -1.66. The van der Waals surface area contributed by atoms with Gasteiger partial charge in [0.15, 0.2) is 5.84 Å². The standard InChI is InChI=1S/C14H20FN3O2/c1-20-9-10-4-5-18(7-10)8-11-2-3-12(15)6-13(11)14(16)17-19/h2-3,6,10,19H,4-5,7-9H2,1H3,(H2,16,17). The minimum atomic E-state index is -0.394. The molecule has 0 aliphatic carbocycles. The summed E-state index contributed by atoms with van der Waals surface area (Å²) in [6.45, 7) is 3.33. The van der Waals surface area contributed by atoms with Gasteiger partial charge in [-0.3, -0.25) is 4.90 Å². The number of benzene rings is 1. The van der Waals surface area contributed by atoms with Gasteiger partial charge in [0.2, 0.25) is 0 Å². The van der Waals surface area contributed by atoms with E-state index in [1.54, 1.807) is 13.2 Å². The summed E-state index contributed by atoms with van der Waals surface area (Å²) < 4.78 is 18.5. The maximum absolute atomic E-state index is 13.3. The lowest BCUT2D eigenvalue weighted by Crippen LogP contribution is -2.24. The summed E-state index contributed by atoms with van der Waals surface area (Å²) in [5.74, 6) is 0.0777. The molecule has 0 aromatic heterocycles. The zero-order valence-corrected chi connectivity index (χ0v) is 11.6. The van der Waals surface area contributed by atoms with Gasteiger partial charge in [0.25, 0.3) is 0 Å². The maximum atomic E-state index is 13.3. The SMILES string of the molecule is COCC1CCN(Cc2ccc(F)cc2C(N)=NO)C1. The van der Waals surface area contributed by atoms with Gasteiger partial charge in [0.05, 0.1) is 6.61 Å². The van der Waals surface area contributed by atoms with Crippen molar-refractivity contribution in [3.8, 4) is 0 Å². The highest BCUT2D eigenvalue weighted by molar-refractivity contribution is 5.98. The van der Waals surface area contributed by atoms with Crippen molar-refractivity contribution in [1.29, 1.82) is 0 Å². The van der Waals surface area contributed by atoms with E-state index in [2.05, 4.69) is 10.1 Å². The van der Waals surface area contributed by atoms with Crippen LogP contribution >= 0.6 is 0 Å². The summed E-state index contributed by atoms with van der Waals surface area (Å²) in [4.78, 5) is 2.27. The molecule has 0 amide bonds. The molecule has 1 aromatic rings. The van der Waals surface area contributed by atoms with E-state index in [9.17, 15) is 4.39 Å². The highest BCUT2D eigenvalue weighted by atomic mass is 19.1. The molecule has 3 N–H and O–H groups in total. The van der Waals surface area contributed by atoms with Crippen molar-refractivity contribution in [2.24, 2.45) is 16.8 Å². The molecule has 20 heavy (non-hydrogen) atoms. The molecule has 1 heterocycles. The molecule has 2 rings (SSSR count). The van der Waals surface area contributed by atoms with Crippen LogP contribution in [0.25, 0.3) is 0 Å². The van der Waals surface area contributed by atoms with E-state index in [-0.39, 0.29) is 5.84 Å². The first-order chi connectivity index (χ1) is 9.63. The average molecular weight is 281 g/mol. The lowest BCUT2D eigenvalue weighted by Gasteiger charge is -2.18.